The Hall–Kier alpha value is -1.52. The van der Waals surface area contributed by atoms with Crippen LogP contribution in [0, 0.1) is 29.6 Å². The van der Waals surface area contributed by atoms with Gasteiger partial charge in [-0.25, -0.2) is 4.72 Å². The van der Waals surface area contributed by atoms with E-state index in [0.29, 0.717) is 6.42 Å². The average Bonchev–Trinajstić information content (AvgIpc) is 2.98. The van der Waals surface area contributed by atoms with E-state index in [1.54, 1.807) is 34.6 Å². The van der Waals surface area contributed by atoms with Gasteiger partial charge < -0.3 is 4.74 Å². The van der Waals surface area contributed by atoms with Gasteiger partial charge in [-0.15, -0.1) is 0 Å². The molecular weight excluding hydrogens is 422 g/mol. The molecule has 3 aliphatic rings. The molecule has 2 heterocycles. The van der Waals surface area contributed by atoms with E-state index < -0.39 is 45.7 Å². The summed E-state index contributed by atoms with van der Waals surface area (Å²) in [4.78, 5) is 39.3. The van der Waals surface area contributed by atoms with Gasteiger partial charge >= 0.3 is 5.97 Å². The van der Waals surface area contributed by atoms with Crippen molar-refractivity contribution in [1.29, 1.82) is 0 Å². The molecule has 2 aliphatic heterocycles. The lowest BCUT2D eigenvalue weighted by molar-refractivity contribution is -0.159. The third-order valence-corrected chi connectivity index (χ3v) is 8.45. The van der Waals surface area contributed by atoms with Gasteiger partial charge in [0, 0.05) is 19.0 Å². The maximum atomic E-state index is 13.0. The molecule has 1 aliphatic carbocycles. The Morgan fingerprint density at radius 1 is 1.19 bits per heavy atom. The highest BCUT2D eigenvalue weighted by atomic mass is 32.2. The van der Waals surface area contributed by atoms with E-state index in [0.717, 1.165) is 0 Å². The lowest BCUT2D eigenvalue weighted by Crippen LogP contribution is -2.49. The molecule has 0 aromatic carbocycles. The fourth-order valence-corrected chi connectivity index (χ4v) is 6.40. The summed E-state index contributed by atoms with van der Waals surface area (Å²) in [6, 6.07) is -1.02. The molecule has 2 saturated heterocycles. The fraction of sp³-hybridized carbons (Fsp3) is 0.857. The molecule has 0 aromatic heterocycles. The van der Waals surface area contributed by atoms with Crippen LogP contribution in [0.5, 0.6) is 0 Å². The number of hydrogen-bond donors (Lipinski definition) is 1. The first-order valence-corrected chi connectivity index (χ1v) is 12.5. The van der Waals surface area contributed by atoms with Crippen LogP contribution in [0.3, 0.4) is 0 Å². The minimum absolute atomic E-state index is 0.104. The smallest absolute Gasteiger partial charge is 0.310 e. The maximum Gasteiger partial charge on any atom is 0.310 e. The SMILES string of the molecule is CC(CNS(=O)(=O)N1CC[C@H]2[C@H]1[C@H](C)C(=O)N2C(=O)C1[C@@H](C)[C@H]1C)C(=O)OC(C)(C)C. The van der Waals surface area contributed by atoms with Crippen LogP contribution in [0.25, 0.3) is 0 Å². The monoisotopic (exact) mass is 457 g/mol. The highest BCUT2D eigenvalue weighted by Gasteiger charge is 2.60. The van der Waals surface area contributed by atoms with Gasteiger partial charge in [0.25, 0.3) is 10.2 Å². The summed E-state index contributed by atoms with van der Waals surface area (Å²) in [6.45, 7) is 12.7. The van der Waals surface area contributed by atoms with E-state index in [2.05, 4.69) is 4.72 Å². The number of carbonyl (C=O) groups is 3. The first-order valence-electron chi connectivity index (χ1n) is 11.0. The van der Waals surface area contributed by atoms with Crippen LogP contribution in [0.1, 0.15) is 54.9 Å². The summed E-state index contributed by atoms with van der Waals surface area (Å²) in [5.74, 6) is -1.88. The van der Waals surface area contributed by atoms with Crippen LogP contribution < -0.4 is 4.72 Å². The number of nitrogens with zero attached hydrogens (tertiary/aromatic N) is 2. The van der Waals surface area contributed by atoms with Gasteiger partial charge in [0.1, 0.15) is 5.60 Å². The van der Waals surface area contributed by atoms with Crippen LogP contribution in [-0.2, 0) is 29.3 Å². The first kappa shape index (κ1) is 24.1. The van der Waals surface area contributed by atoms with Crippen LogP contribution in [0.4, 0.5) is 0 Å². The highest BCUT2D eigenvalue weighted by molar-refractivity contribution is 7.87. The lowest BCUT2D eigenvalue weighted by atomic mass is 10.0. The molecule has 0 radical (unpaired) electrons. The molecule has 10 heteroatoms. The maximum absolute atomic E-state index is 13.0. The summed E-state index contributed by atoms with van der Waals surface area (Å²) in [5.41, 5.74) is -0.654. The number of likely N-dealkylation sites (tertiary alicyclic amines) is 1. The van der Waals surface area contributed by atoms with E-state index in [1.807, 2.05) is 13.8 Å². The van der Waals surface area contributed by atoms with Crippen LogP contribution in [-0.4, -0.2) is 66.2 Å². The number of amides is 2. The molecule has 2 unspecified atom stereocenters. The van der Waals surface area contributed by atoms with Crippen molar-refractivity contribution in [2.45, 2.75) is 72.6 Å². The molecular formula is C21H35N3O6S. The van der Waals surface area contributed by atoms with Gasteiger partial charge in [0.15, 0.2) is 0 Å². The number of imide groups is 1. The topological polar surface area (TPSA) is 113 Å². The summed E-state index contributed by atoms with van der Waals surface area (Å²) in [5, 5.41) is 0. The Labute approximate surface area is 185 Å². The Kier molecular flexibility index (Phi) is 6.32. The molecule has 0 spiro atoms. The number of fused-ring (bicyclic) bond motifs is 1. The van der Waals surface area contributed by atoms with Gasteiger partial charge in [-0.05, 0) is 39.0 Å². The van der Waals surface area contributed by atoms with E-state index in [9.17, 15) is 22.8 Å². The molecule has 9 nitrogen and oxygen atoms in total. The molecule has 3 fully saturated rings. The molecule has 1 N–H and O–H groups in total. The molecule has 0 aromatic rings. The zero-order valence-electron chi connectivity index (χ0n) is 19.4. The Bertz CT molecular complexity index is 859. The highest BCUT2D eigenvalue weighted by Crippen LogP contribution is 2.49. The van der Waals surface area contributed by atoms with E-state index >= 15 is 0 Å². The van der Waals surface area contributed by atoms with Gasteiger partial charge in [0.2, 0.25) is 11.8 Å². The second-order valence-corrected chi connectivity index (χ2v) is 12.0. The summed E-state index contributed by atoms with van der Waals surface area (Å²) >= 11 is 0. The normalized spacial score (nSPS) is 34.5. The molecule has 31 heavy (non-hydrogen) atoms. The second-order valence-electron chi connectivity index (χ2n) is 10.3. The number of carbonyl (C=O) groups excluding carboxylic acids is 3. The predicted octanol–water partition coefficient (Wildman–Crippen LogP) is 1.15. The van der Waals surface area contributed by atoms with Crippen molar-refractivity contribution >= 4 is 28.0 Å². The number of esters is 1. The van der Waals surface area contributed by atoms with Crippen molar-refractivity contribution in [2.24, 2.45) is 29.6 Å². The van der Waals surface area contributed by atoms with Crippen molar-refractivity contribution in [3.63, 3.8) is 0 Å². The summed E-state index contributed by atoms with van der Waals surface area (Å²) < 4.78 is 35.1. The number of rotatable bonds is 6. The fourth-order valence-electron chi connectivity index (χ4n) is 4.79. The number of nitrogens with one attached hydrogen (secondary N) is 1. The second kappa shape index (κ2) is 8.12. The van der Waals surface area contributed by atoms with E-state index in [-0.39, 0.29) is 42.7 Å². The van der Waals surface area contributed by atoms with Crippen LogP contribution in [0.15, 0.2) is 0 Å². The minimum atomic E-state index is -3.93. The zero-order valence-corrected chi connectivity index (χ0v) is 20.2. The molecule has 3 rings (SSSR count). The number of hydrogen-bond acceptors (Lipinski definition) is 6. The zero-order chi connectivity index (χ0) is 23.5. The molecule has 1 saturated carbocycles. The predicted molar refractivity (Wildman–Crippen MR) is 114 cm³/mol. The Morgan fingerprint density at radius 3 is 2.29 bits per heavy atom. The summed E-state index contributed by atoms with van der Waals surface area (Å²) in [7, 11) is -3.93. The summed E-state index contributed by atoms with van der Waals surface area (Å²) in [6.07, 6.45) is 0.421. The van der Waals surface area contributed by atoms with Crippen molar-refractivity contribution in [3.05, 3.63) is 0 Å². The largest absolute Gasteiger partial charge is 0.460 e. The van der Waals surface area contributed by atoms with Crippen molar-refractivity contribution in [3.8, 4) is 0 Å². The van der Waals surface area contributed by atoms with Gasteiger partial charge in [-0.1, -0.05) is 27.7 Å². The van der Waals surface area contributed by atoms with Gasteiger partial charge in [0.05, 0.1) is 23.9 Å². The average molecular weight is 458 g/mol. The van der Waals surface area contributed by atoms with Gasteiger partial charge in [-0.3, -0.25) is 19.3 Å². The molecule has 0 bridgehead atoms. The molecule has 176 valence electrons. The quantitative estimate of drug-likeness (QED) is 0.473. The van der Waals surface area contributed by atoms with Crippen molar-refractivity contribution < 1.29 is 27.5 Å². The Morgan fingerprint density at radius 2 is 1.77 bits per heavy atom. The minimum Gasteiger partial charge on any atom is -0.460 e. The van der Waals surface area contributed by atoms with Crippen molar-refractivity contribution in [2.75, 3.05) is 13.1 Å². The first-order chi connectivity index (χ1) is 14.2. The Balaban J connectivity index is 1.68. The molecule has 7 atom stereocenters. The van der Waals surface area contributed by atoms with E-state index in [1.165, 1.54) is 9.21 Å². The van der Waals surface area contributed by atoms with Crippen molar-refractivity contribution in [1.82, 2.24) is 13.9 Å². The van der Waals surface area contributed by atoms with Gasteiger partial charge in [-0.2, -0.15) is 12.7 Å². The molecule has 2 amide bonds. The number of ether oxygens (including phenoxy) is 1. The van der Waals surface area contributed by atoms with Crippen LogP contribution >= 0.6 is 0 Å². The van der Waals surface area contributed by atoms with Crippen LogP contribution in [0.2, 0.25) is 0 Å². The lowest BCUT2D eigenvalue weighted by Gasteiger charge is -2.27. The van der Waals surface area contributed by atoms with E-state index in [4.69, 9.17) is 4.74 Å². The third-order valence-electron chi connectivity index (χ3n) is 6.88. The standard InChI is InChI=1S/C21H35N3O6S/c1-11(20(27)30-21(5,6)7)10-22-31(28,29)23-9-8-15-17(23)14(4)18(25)24(15)19(26)16-12(2)13(16)3/h11-17,22H,8-10H2,1-7H3/t11?,12-,13+,14-,15-,16?,17+/m0/s1. The third kappa shape index (κ3) is 4.52.